The number of ether oxygens (including phenoxy) is 1. The summed E-state index contributed by atoms with van der Waals surface area (Å²) in [6, 6.07) is 6.37. The Kier molecular flexibility index (Phi) is 2.96. The lowest BCUT2D eigenvalue weighted by Crippen LogP contribution is -2.27. The molecule has 0 amide bonds. The maximum absolute atomic E-state index is 6.27. The number of methoxy groups -OCH3 is 1. The maximum atomic E-state index is 6.27. The standard InChI is InChI=1S/C13H19NO/c1-9-5-3-8-11(13(9)15-2)12(14)10-6-4-7-10/h3,5,8,10,12H,4,6-7,14H2,1-2H3. The minimum atomic E-state index is 0.147. The SMILES string of the molecule is COc1c(C)cccc1C(N)C1CCC1. The van der Waals surface area contributed by atoms with Crippen molar-refractivity contribution in [2.75, 3.05) is 7.11 Å². The fourth-order valence-corrected chi connectivity index (χ4v) is 2.27. The van der Waals surface area contributed by atoms with Crippen LogP contribution >= 0.6 is 0 Å². The highest BCUT2D eigenvalue weighted by atomic mass is 16.5. The van der Waals surface area contributed by atoms with Gasteiger partial charge in [0.05, 0.1) is 7.11 Å². The lowest BCUT2D eigenvalue weighted by Gasteiger charge is -2.32. The van der Waals surface area contributed by atoms with Crippen LogP contribution in [0.2, 0.25) is 0 Å². The summed E-state index contributed by atoms with van der Waals surface area (Å²) >= 11 is 0. The van der Waals surface area contributed by atoms with Crippen LogP contribution in [0.25, 0.3) is 0 Å². The van der Waals surface area contributed by atoms with E-state index in [1.54, 1.807) is 7.11 Å². The van der Waals surface area contributed by atoms with Crippen LogP contribution in [0.4, 0.5) is 0 Å². The van der Waals surface area contributed by atoms with E-state index < -0.39 is 0 Å². The second kappa shape index (κ2) is 4.23. The van der Waals surface area contributed by atoms with E-state index in [9.17, 15) is 0 Å². The van der Waals surface area contributed by atoms with Crippen LogP contribution in [-0.4, -0.2) is 7.11 Å². The van der Waals surface area contributed by atoms with Gasteiger partial charge >= 0.3 is 0 Å². The molecular weight excluding hydrogens is 186 g/mol. The molecule has 0 saturated heterocycles. The summed E-state index contributed by atoms with van der Waals surface area (Å²) in [6.07, 6.45) is 3.85. The Balaban J connectivity index is 2.29. The highest BCUT2D eigenvalue weighted by Gasteiger charge is 2.27. The fraction of sp³-hybridized carbons (Fsp3) is 0.538. The lowest BCUT2D eigenvalue weighted by molar-refractivity contribution is 0.259. The van der Waals surface area contributed by atoms with Gasteiger partial charge < -0.3 is 10.5 Å². The Morgan fingerprint density at radius 2 is 2.13 bits per heavy atom. The van der Waals surface area contributed by atoms with Crippen molar-refractivity contribution in [3.8, 4) is 5.75 Å². The largest absolute Gasteiger partial charge is 0.496 e. The smallest absolute Gasteiger partial charge is 0.126 e. The van der Waals surface area contributed by atoms with Crippen molar-refractivity contribution >= 4 is 0 Å². The minimum Gasteiger partial charge on any atom is -0.496 e. The van der Waals surface area contributed by atoms with Gasteiger partial charge in [-0.3, -0.25) is 0 Å². The van der Waals surface area contributed by atoms with Crippen LogP contribution < -0.4 is 10.5 Å². The van der Waals surface area contributed by atoms with Crippen molar-refractivity contribution in [2.45, 2.75) is 32.2 Å². The molecule has 0 bridgehead atoms. The van der Waals surface area contributed by atoms with E-state index in [-0.39, 0.29) is 6.04 Å². The van der Waals surface area contributed by atoms with Crippen molar-refractivity contribution < 1.29 is 4.74 Å². The van der Waals surface area contributed by atoms with E-state index in [0.29, 0.717) is 5.92 Å². The molecule has 0 spiro atoms. The summed E-state index contributed by atoms with van der Waals surface area (Å²) in [5, 5.41) is 0. The number of benzene rings is 1. The van der Waals surface area contributed by atoms with Crippen LogP contribution in [0.1, 0.15) is 36.4 Å². The molecule has 2 N–H and O–H groups in total. The fourth-order valence-electron chi connectivity index (χ4n) is 2.27. The van der Waals surface area contributed by atoms with E-state index in [2.05, 4.69) is 25.1 Å². The van der Waals surface area contributed by atoms with Crippen LogP contribution in [0.15, 0.2) is 18.2 Å². The summed E-state index contributed by atoms with van der Waals surface area (Å²) in [5.74, 6) is 1.62. The van der Waals surface area contributed by atoms with Gasteiger partial charge in [0.1, 0.15) is 5.75 Å². The first kappa shape index (κ1) is 10.5. The zero-order valence-electron chi connectivity index (χ0n) is 9.49. The summed E-state index contributed by atoms with van der Waals surface area (Å²) in [4.78, 5) is 0. The minimum absolute atomic E-state index is 0.147. The molecule has 2 nitrogen and oxygen atoms in total. The Morgan fingerprint density at radius 1 is 1.40 bits per heavy atom. The van der Waals surface area contributed by atoms with E-state index >= 15 is 0 Å². The van der Waals surface area contributed by atoms with E-state index in [0.717, 1.165) is 5.75 Å². The molecule has 0 radical (unpaired) electrons. The monoisotopic (exact) mass is 205 g/mol. The number of nitrogens with two attached hydrogens (primary N) is 1. The molecule has 82 valence electrons. The molecule has 1 aliphatic carbocycles. The maximum Gasteiger partial charge on any atom is 0.126 e. The van der Waals surface area contributed by atoms with Gasteiger partial charge in [0.25, 0.3) is 0 Å². The second-order valence-electron chi connectivity index (χ2n) is 4.41. The van der Waals surface area contributed by atoms with Crippen LogP contribution in [0.3, 0.4) is 0 Å². The molecule has 1 unspecified atom stereocenters. The third-order valence-corrected chi connectivity index (χ3v) is 3.46. The first-order chi connectivity index (χ1) is 7.24. The number of hydrogen-bond acceptors (Lipinski definition) is 2. The van der Waals surface area contributed by atoms with Crippen LogP contribution in [-0.2, 0) is 0 Å². The summed E-state index contributed by atoms with van der Waals surface area (Å²) < 4.78 is 5.44. The van der Waals surface area contributed by atoms with Crippen molar-refractivity contribution in [1.82, 2.24) is 0 Å². The first-order valence-electron chi connectivity index (χ1n) is 5.63. The molecule has 2 rings (SSSR count). The van der Waals surface area contributed by atoms with Crippen molar-refractivity contribution in [1.29, 1.82) is 0 Å². The number of para-hydroxylation sites is 1. The highest BCUT2D eigenvalue weighted by molar-refractivity contribution is 5.42. The van der Waals surface area contributed by atoms with Crippen molar-refractivity contribution in [2.24, 2.45) is 11.7 Å². The quantitative estimate of drug-likeness (QED) is 0.823. The van der Waals surface area contributed by atoms with Crippen LogP contribution in [0, 0.1) is 12.8 Å². The first-order valence-corrected chi connectivity index (χ1v) is 5.63. The van der Waals surface area contributed by atoms with Gasteiger partial charge in [0.2, 0.25) is 0 Å². The average Bonchev–Trinajstić information content (AvgIpc) is 2.14. The third-order valence-electron chi connectivity index (χ3n) is 3.46. The Morgan fingerprint density at radius 3 is 2.67 bits per heavy atom. The van der Waals surface area contributed by atoms with Crippen LogP contribution in [0.5, 0.6) is 5.75 Å². The average molecular weight is 205 g/mol. The molecule has 0 aromatic heterocycles. The van der Waals surface area contributed by atoms with Gasteiger partial charge in [-0.2, -0.15) is 0 Å². The normalized spacial score (nSPS) is 18.3. The molecular formula is C13H19NO. The molecule has 1 aromatic carbocycles. The topological polar surface area (TPSA) is 35.2 Å². The number of rotatable bonds is 3. The van der Waals surface area contributed by atoms with E-state index in [1.807, 2.05) is 0 Å². The zero-order valence-corrected chi connectivity index (χ0v) is 9.49. The second-order valence-corrected chi connectivity index (χ2v) is 4.41. The predicted molar refractivity (Wildman–Crippen MR) is 62.0 cm³/mol. The van der Waals surface area contributed by atoms with Gasteiger partial charge in [0, 0.05) is 11.6 Å². The van der Waals surface area contributed by atoms with Gasteiger partial charge in [-0.15, -0.1) is 0 Å². The van der Waals surface area contributed by atoms with Gasteiger partial charge in [0.15, 0.2) is 0 Å². The molecule has 2 heteroatoms. The summed E-state index contributed by atoms with van der Waals surface area (Å²) in [6.45, 7) is 2.07. The number of aryl methyl sites for hydroxylation is 1. The van der Waals surface area contributed by atoms with Gasteiger partial charge in [-0.25, -0.2) is 0 Å². The molecule has 1 atom stereocenters. The third kappa shape index (κ3) is 1.86. The number of hydrogen-bond donors (Lipinski definition) is 1. The summed E-state index contributed by atoms with van der Waals surface area (Å²) in [5.41, 5.74) is 8.61. The Bertz CT molecular complexity index is 344. The lowest BCUT2D eigenvalue weighted by atomic mass is 9.77. The van der Waals surface area contributed by atoms with Crippen molar-refractivity contribution in [3.05, 3.63) is 29.3 Å². The molecule has 15 heavy (non-hydrogen) atoms. The zero-order chi connectivity index (χ0) is 10.8. The molecule has 1 fully saturated rings. The Hall–Kier alpha value is -1.02. The predicted octanol–water partition coefficient (Wildman–Crippen LogP) is 2.80. The molecule has 0 aliphatic heterocycles. The molecule has 1 saturated carbocycles. The van der Waals surface area contributed by atoms with Crippen molar-refractivity contribution in [3.63, 3.8) is 0 Å². The van der Waals surface area contributed by atoms with E-state index in [4.69, 9.17) is 10.5 Å². The molecule has 1 aromatic rings. The van der Waals surface area contributed by atoms with E-state index in [1.165, 1.54) is 30.4 Å². The highest BCUT2D eigenvalue weighted by Crippen LogP contribution is 2.39. The Labute approximate surface area is 91.4 Å². The van der Waals surface area contributed by atoms with Gasteiger partial charge in [-0.05, 0) is 31.2 Å². The van der Waals surface area contributed by atoms with Gasteiger partial charge in [-0.1, -0.05) is 24.6 Å². The summed E-state index contributed by atoms with van der Waals surface area (Å²) in [7, 11) is 1.72. The molecule has 1 aliphatic rings. The molecule has 0 heterocycles.